The molecule has 1 aromatic rings. The molecule has 6 nitrogen and oxygen atoms in total. The van der Waals surface area contributed by atoms with Gasteiger partial charge in [-0.15, -0.1) is 0 Å². The number of benzene rings is 1. The van der Waals surface area contributed by atoms with E-state index in [4.69, 9.17) is 4.74 Å². The maximum atomic E-state index is 12.9. The fraction of sp³-hybridized carbons (Fsp3) is 0.759. The first-order chi connectivity index (χ1) is 17.1. The van der Waals surface area contributed by atoms with E-state index >= 15 is 0 Å². The number of carbonyl (C=O) groups is 1. The lowest BCUT2D eigenvalue weighted by molar-refractivity contribution is -0.000725. The summed E-state index contributed by atoms with van der Waals surface area (Å²) in [7, 11) is 0. The predicted molar refractivity (Wildman–Crippen MR) is 136 cm³/mol. The normalized spacial score (nSPS) is 35.8. The highest BCUT2D eigenvalue weighted by atomic mass is 16.6. The molecule has 2 N–H and O–H groups in total. The highest BCUT2D eigenvalue weighted by molar-refractivity contribution is 5.71. The van der Waals surface area contributed by atoms with E-state index in [-0.39, 0.29) is 17.6 Å². The van der Waals surface area contributed by atoms with Gasteiger partial charge in [-0.3, -0.25) is 0 Å². The summed E-state index contributed by atoms with van der Waals surface area (Å²) in [6, 6.07) is 7.29. The number of fused-ring (bicyclic) bond motifs is 5. The van der Waals surface area contributed by atoms with Crippen LogP contribution in [0.5, 0.6) is 5.75 Å². The van der Waals surface area contributed by atoms with Crippen LogP contribution in [0.25, 0.3) is 0 Å². The van der Waals surface area contributed by atoms with E-state index in [1.807, 2.05) is 11.0 Å². The highest BCUT2D eigenvalue weighted by Crippen LogP contribution is 2.60. The van der Waals surface area contributed by atoms with E-state index in [2.05, 4.69) is 29.4 Å². The van der Waals surface area contributed by atoms with Gasteiger partial charge in [-0.2, -0.15) is 0 Å². The van der Waals surface area contributed by atoms with Crippen molar-refractivity contribution in [3.63, 3.8) is 0 Å². The minimum Gasteiger partial charge on any atom is -0.410 e. The summed E-state index contributed by atoms with van der Waals surface area (Å²) in [5, 5.41) is 9.70. The van der Waals surface area contributed by atoms with Crippen molar-refractivity contribution in [2.45, 2.75) is 95.6 Å². The molecule has 2 saturated carbocycles. The van der Waals surface area contributed by atoms with Gasteiger partial charge in [0.2, 0.25) is 0 Å². The largest absolute Gasteiger partial charge is 0.415 e. The Kier molecular flexibility index (Phi) is 6.57. The van der Waals surface area contributed by atoms with E-state index in [9.17, 15) is 10.0 Å². The summed E-state index contributed by atoms with van der Waals surface area (Å²) in [6.45, 7) is 6.45. The first kappa shape index (κ1) is 23.7. The SMILES string of the molecule is CC12CCC3c4ccc(OC(=O)N5CCC(N6CCCCC6)CC5)cc4CCC3C1CCC2NO. The lowest BCUT2D eigenvalue weighted by Gasteiger charge is -2.50. The van der Waals surface area contributed by atoms with Gasteiger partial charge in [0, 0.05) is 25.2 Å². The molecule has 6 rings (SSSR count). The Morgan fingerprint density at radius 3 is 2.60 bits per heavy atom. The maximum absolute atomic E-state index is 12.9. The van der Waals surface area contributed by atoms with Gasteiger partial charge in [0.25, 0.3) is 0 Å². The zero-order valence-electron chi connectivity index (χ0n) is 21.4. The third-order valence-corrected chi connectivity index (χ3v) is 10.7. The average molecular weight is 482 g/mol. The summed E-state index contributed by atoms with van der Waals surface area (Å²) in [5.41, 5.74) is 5.70. The van der Waals surface area contributed by atoms with Crippen LogP contribution in [-0.2, 0) is 6.42 Å². The van der Waals surface area contributed by atoms with Crippen molar-refractivity contribution in [3.05, 3.63) is 29.3 Å². The minimum atomic E-state index is -0.183. The highest BCUT2D eigenvalue weighted by Gasteiger charge is 2.54. The van der Waals surface area contributed by atoms with E-state index in [1.165, 1.54) is 69.2 Å². The monoisotopic (exact) mass is 481 g/mol. The van der Waals surface area contributed by atoms with Crippen LogP contribution in [0.15, 0.2) is 18.2 Å². The van der Waals surface area contributed by atoms with Crippen LogP contribution in [0, 0.1) is 17.3 Å². The molecule has 0 bridgehead atoms. The summed E-state index contributed by atoms with van der Waals surface area (Å²) < 4.78 is 5.89. The van der Waals surface area contributed by atoms with Crippen LogP contribution in [0.3, 0.4) is 0 Å². The van der Waals surface area contributed by atoms with Gasteiger partial charge in [-0.1, -0.05) is 19.4 Å². The van der Waals surface area contributed by atoms with Gasteiger partial charge in [0.15, 0.2) is 0 Å². The summed E-state index contributed by atoms with van der Waals surface area (Å²) in [5.74, 6) is 2.70. The molecule has 4 fully saturated rings. The topological polar surface area (TPSA) is 65.0 Å². The van der Waals surface area contributed by atoms with Crippen molar-refractivity contribution in [1.29, 1.82) is 0 Å². The lowest BCUT2D eigenvalue weighted by atomic mass is 9.55. The van der Waals surface area contributed by atoms with E-state index in [1.54, 1.807) is 0 Å². The molecule has 192 valence electrons. The zero-order chi connectivity index (χ0) is 24.0. The van der Waals surface area contributed by atoms with Crippen LogP contribution in [-0.4, -0.2) is 59.4 Å². The Balaban J connectivity index is 1.08. The Labute approximate surface area is 210 Å². The fourth-order valence-corrected chi connectivity index (χ4v) is 8.70. The number of nitrogens with one attached hydrogen (secondary N) is 1. The number of hydroxylamine groups is 1. The molecule has 3 aliphatic carbocycles. The van der Waals surface area contributed by atoms with Crippen molar-refractivity contribution in [2.24, 2.45) is 17.3 Å². The van der Waals surface area contributed by atoms with Crippen molar-refractivity contribution >= 4 is 6.09 Å². The van der Waals surface area contributed by atoms with Gasteiger partial charge in [0.05, 0.1) is 0 Å². The Morgan fingerprint density at radius 1 is 1.03 bits per heavy atom. The van der Waals surface area contributed by atoms with Crippen molar-refractivity contribution in [3.8, 4) is 5.75 Å². The third kappa shape index (κ3) is 4.30. The molecule has 6 heteroatoms. The van der Waals surface area contributed by atoms with Crippen LogP contribution in [0.4, 0.5) is 4.79 Å². The molecule has 5 aliphatic rings. The molecule has 0 spiro atoms. The fourth-order valence-electron chi connectivity index (χ4n) is 8.70. The quantitative estimate of drug-likeness (QED) is 0.571. The summed E-state index contributed by atoms with van der Waals surface area (Å²) in [6.07, 6.45) is 12.9. The number of hydrogen-bond donors (Lipinski definition) is 2. The van der Waals surface area contributed by atoms with Crippen LogP contribution in [0.2, 0.25) is 0 Å². The molecule has 5 unspecified atom stereocenters. The van der Waals surface area contributed by atoms with E-state index < -0.39 is 0 Å². The van der Waals surface area contributed by atoms with Crippen LogP contribution >= 0.6 is 0 Å². The second-order valence-electron chi connectivity index (χ2n) is 12.3. The van der Waals surface area contributed by atoms with Crippen LogP contribution in [0.1, 0.15) is 88.2 Å². The maximum Gasteiger partial charge on any atom is 0.415 e. The molecule has 2 saturated heterocycles. The average Bonchev–Trinajstić information content (AvgIpc) is 3.25. The first-order valence-electron chi connectivity index (χ1n) is 14.3. The number of ether oxygens (including phenoxy) is 1. The van der Waals surface area contributed by atoms with Crippen molar-refractivity contribution < 1.29 is 14.7 Å². The molecular formula is C29H43N3O3. The molecule has 2 heterocycles. The number of hydrogen-bond acceptors (Lipinski definition) is 5. The number of likely N-dealkylation sites (tertiary alicyclic amines) is 2. The van der Waals surface area contributed by atoms with Crippen molar-refractivity contribution in [1.82, 2.24) is 15.3 Å². The number of nitrogens with zero attached hydrogens (tertiary/aromatic N) is 2. The molecule has 35 heavy (non-hydrogen) atoms. The van der Waals surface area contributed by atoms with Gasteiger partial charge >= 0.3 is 6.09 Å². The Morgan fingerprint density at radius 2 is 1.83 bits per heavy atom. The van der Waals surface area contributed by atoms with Gasteiger partial charge < -0.3 is 19.7 Å². The molecule has 0 aromatic heterocycles. The number of amides is 1. The third-order valence-electron chi connectivity index (χ3n) is 10.7. The predicted octanol–water partition coefficient (Wildman–Crippen LogP) is 5.34. The second kappa shape index (κ2) is 9.68. The molecule has 2 aliphatic heterocycles. The molecule has 1 amide bonds. The van der Waals surface area contributed by atoms with Crippen molar-refractivity contribution in [2.75, 3.05) is 26.2 Å². The van der Waals surface area contributed by atoms with Gasteiger partial charge in [-0.25, -0.2) is 10.3 Å². The number of carbonyl (C=O) groups excluding carboxylic acids is 1. The summed E-state index contributed by atoms with van der Waals surface area (Å²) in [4.78, 5) is 17.5. The molecule has 1 aromatic carbocycles. The minimum absolute atomic E-state index is 0.183. The van der Waals surface area contributed by atoms with E-state index in [0.717, 1.165) is 38.8 Å². The van der Waals surface area contributed by atoms with E-state index in [0.29, 0.717) is 29.5 Å². The number of piperidine rings is 2. The lowest BCUT2D eigenvalue weighted by Crippen LogP contribution is -2.48. The number of aryl methyl sites for hydroxylation is 1. The Hall–Kier alpha value is -1.63. The smallest absolute Gasteiger partial charge is 0.410 e. The second-order valence-corrected chi connectivity index (χ2v) is 12.3. The van der Waals surface area contributed by atoms with Crippen LogP contribution < -0.4 is 10.2 Å². The van der Waals surface area contributed by atoms with Gasteiger partial charge in [-0.05, 0) is 124 Å². The molecular weight excluding hydrogens is 438 g/mol. The molecule has 5 atom stereocenters. The summed E-state index contributed by atoms with van der Waals surface area (Å²) >= 11 is 0. The zero-order valence-corrected chi connectivity index (χ0v) is 21.4. The number of rotatable bonds is 3. The standard InChI is InChI=1S/C29H43N3O3/c1-29-14-11-24-23-8-6-22(19-20(23)5-7-25(24)26(29)9-10-27(29)30-34)35-28(33)32-17-12-21(13-18-32)31-15-3-2-4-16-31/h6,8,19,21,24-27,30,34H,2-5,7,9-18H2,1H3. The molecule has 0 radical (unpaired) electrons. The van der Waals surface area contributed by atoms with Gasteiger partial charge in [0.1, 0.15) is 5.75 Å². The Bertz CT molecular complexity index is 924. The first-order valence-corrected chi connectivity index (χ1v) is 14.3.